The first-order chi connectivity index (χ1) is 10.9. The summed E-state index contributed by atoms with van der Waals surface area (Å²) >= 11 is 0. The summed E-state index contributed by atoms with van der Waals surface area (Å²) in [7, 11) is 0. The summed E-state index contributed by atoms with van der Waals surface area (Å²) in [5.41, 5.74) is 5.78. The van der Waals surface area contributed by atoms with Crippen molar-refractivity contribution in [3.8, 4) is 0 Å². The van der Waals surface area contributed by atoms with Crippen LogP contribution in [0.3, 0.4) is 0 Å². The van der Waals surface area contributed by atoms with E-state index in [4.69, 9.17) is 0 Å². The lowest BCUT2D eigenvalue weighted by molar-refractivity contribution is 0.580. The minimum atomic E-state index is 0.293. The van der Waals surface area contributed by atoms with Crippen molar-refractivity contribution in [2.75, 3.05) is 4.90 Å². The number of aromatic nitrogens is 1. The molecule has 0 saturated carbocycles. The van der Waals surface area contributed by atoms with Crippen molar-refractivity contribution in [3.63, 3.8) is 0 Å². The Morgan fingerprint density at radius 1 is 0.773 bits per heavy atom. The molecule has 0 saturated heterocycles. The standard InChI is InChI=1S/C20H16N2/c1-2-8-15-14(7-1)13-18-16-9-3-4-10-17(16)20(15)22(18)19-11-5-6-12-21-19/h1-12,18,20H,13H2. The molecule has 0 amide bonds. The molecule has 5 rings (SSSR count). The summed E-state index contributed by atoms with van der Waals surface area (Å²) in [4.78, 5) is 7.12. The first-order valence-electron chi connectivity index (χ1n) is 7.79. The minimum absolute atomic E-state index is 0.293. The van der Waals surface area contributed by atoms with Crippen LogP contribution in [-0.2, 0) is 6.42 Å². The Morgan fingerprint density at radius 3 is 2.32 bits per heavy atom. The monoisotopic (exact) mass is 284 g/mol. The van der Waals surface area contributed by atoms with Crippen LogP contribution in [0.1, 0.15) is 34.3 Å². The highest BCUT2D eigenvalue weighted by atomic mass is 15.3. The molecular formula is C20H16N2. The van der Waals surface area contributed by atoms with Gasteiger partial charge in [0.25, 0.3) is 0 Å². The lowest BCUT2D eigenvalue weighted by Gasteiger charge is -2.37. The molecule has 0 aliphatic carbocycles. The van der Waals surface area contributed by atoms with Crippen LogP contribution in [-0.4, -0.2) is 4.98 Å². The second-order valence-corrected chi connectivity index (χ2v) is 6.05. The van der Waals surface area contributed by atoms with Crippen LogP contribution in [0.25, 0.3) is 0 Å². The number of hydrogen-bond donors (Lipinski definition) is 0. The van der Waals surface area contributed by atoms with E-state index in [9.17, 15) is 0 Å². The number of pyridine rings is 1. The van der Waals surface area contributed by atoms with Crippen molar-refractivity contribution in [1.29, 1.82) is 0 Å². The molecule has 3 heterocycles. The van der Waals surface area contributed by atoms with E-state index in [1.807, 2.05) is 12.3 Å². The lowest BCUT2D eigenvalue weighted by Crippen LogP contribution is -2.33. The van der Waals surface area contributed by atoms with Gasteiger partial charge in [-0.15, -0.1) is 0 Å². The number of anilines is 1. The summed E-state index contributed by atoms with van der Waals surface area (Å²) in [5.74, 6) is 1.07. The maximum atomic E-state index is 4.63. The van der Waals surface area contributed by atoms with Crippen LogP contribution < -0.4 is 4.90 Å². The van der Waals surface area contributed by atoms with Crippen LogP contribution >= 0.6 is 0 Å². The smallest absolute Gasteiger partial charge is 0.129 e. The largest absolute Gasteiger partial charge is 0.338 e. The minimum Gasteiger partial charge on any atom is -0.338 e. The van der Waals surface area contributed by atoms with E-state index in [1.165, 1.54) is 22.3 Å². The average molecular weight is 284 g/mol. The highest BCUT2D eigenvalue weighted by molar-refractivity contribution is 5.62. The van der Waals surface area contributed by atoms with Gasteiger partial charge in [-0.05, 0) is 40.8 Å². The SMILES string of the molecule is c1ccc(N2C3Cc4ccccc4C2c2ccccc23)nc1. The van der Waals surface area contributed by atoms with E-state index in [-0.39, 0.29) is 0 Å². The maximum absolute atomic E-state index is 4.63. The molecule has 2 nitrogen and oxygen atoms in total. The predicted octanol–water partition coefficient (Wildman–Crippen LogP) is 4.29. The maximum Gasteiger partial charge on any atom is 0.129 e. The number of benzene rings is 2. The zero-order chi connectivity index (χ0) is 14.5. The van der Waals surface area contributed by atoms with E-state index in [0.717, 1.165) is 12.2 Å². The molecule has 2 heteroatoms. The van der Waals surface area contributed by atoms with Gasteiger partial charge in [0.05, 0.1) is 12.1 Å². The molecule has 106 valence electrons. The Labute approximate surface area is 130 Å². The van der Waals surface area contributed by atoms with Crippen molar-refractivity contribution in [2.45, 2.75) is 18.5 Å². The molecule has 0 radical (unpaired) electrons. The second-order valence-electron chi connectivity index (χ2n) is 6.05. The second kappa shape index (κ2) is 4.44. The molecule has 22 heavy (non-hydrogen) atoms. The summed E-state index contributed by atoms with van der Waals surface area (Å²) in [5, 5.41) is 0. The fourth-order valence-corrected chi connectivity index (χ4v) is 4.06. The van der Waals surface area contributed by atoms with E-state index >= 15 is 0 Å². The van der Waals surface area contributed by atoms with Crippen LogP contribution in [0.2, 0.25) is 0 Å². The summed E-state index contributed by atoms with van der Waals surface area (Å²) in [6.07, 6.45) is 2.94. The molecule has 0 fully saturated rings. The van der Waals surface area contributed by atoms with E-state index in [0.29, 0.717) is 12.1 Å². The summed E-state index contributed by atoms with van der Waals surface area (Å²) in [6, 6.07) is 24.6. The molecule has 0 N–H and O–H groups in total. The number of fused-ring (bicyclic) bond motifs is 7. The highest BCUT2D eigenvalue weighted by Crippen LogP contribution is 2.52. The van der Waals surface area contributed by atoms with Crippen LogP contribution in [0.15, 0.2) is 72.9 Å². The third kappa shape index (κ3) is 1.52. The fraction of sp³-hybridized carbons (Fsp3) is 0.150. The normalized spacial score (nSPS) is 21.4. The molecule has 2 aliphatic rings. The van der Waals surface area contributed by atoms with E-state index in [2.05, 4.69) is 70.5 Å². The van der Waals surface area contributed by atoms with Crippen LogP contribution in [0, 0.1) is 0 Å². The summed E-state index contributed by atoms with van der Waals surface area (Å²) < 4.78 is 0. The Morgan fingerprint density at radius 2 is 1.50 bits per heavy atom. The molecule has 2 unspecified atom stereocenters. The molecule has 2 atom stereocenters. The van der Waals surface area contributed by atoms with Gasteiger partial charge in [0.1, 0.15) is 5.82 Å². The molecule has 0 spiro atoms. The molecule has 2 aliphatic heterocycles. The van der Waals surface area contributed by atoms with Gasteiger partial charge in [-0.3, -0.25) is 0 Å². The number of nitrogens with zero attached hydrogens (tertiary/aromatic N) is 2. The Balaban J connectivity index is 1.77. The topological polar surface area (TPSA) is 16.1 Å². The van der Waals surface area contributed by atoms with Gasteiger partial charge in [0.15, 0.2) is 0 Å². The first-order valence-corrected chi connectivity index (χ1v) is 7.79. The quantitative estimate of drug-likeness (QED) is 0.662. The molecule has 2 bridgehead atoms. The van der Waals surface area contributed by atoms with Crippen LogP contribution in [0.4, 0.5) is 5.82 Å². The Bertz CT molecular complexity index is 830. The van der Waals surface area contributed by atoms with Gasteiger partial charge in [-0.1, -0.05) is 54.6 Å². The predicted molar refractivity (Wildman–Crippen MR) is 87.9 cm³/mol. The average Bonchev–Trinajstić information content (AvgIpc) is 2.84. The molecule has 2 aromatic carbocycles. The first kappa shape index (κ1) is 12.0. The zero-order valence-electron chi connectivity index (χ0n) is 12.2. The summed E-state index contributed by atoms with van der Waals surface area (Å²) in [6.45, 7) is 0. The third-order valence-corrected chi connectivity index (χ3v) is 4.94. The van der Waals surface area contributed by atoms with Crippen molar-refractivity contribution in [1.82, 2.24) is 4.98 Å². The molecule has 1 aromatic heterocycles. The number of rotatable bonds is 1. The van der Waals surface area contributed by atoms with Gasteiger partial charge in [-0.2, -0.15) is 0 Å². The Hall–Kier alpha value is -2.61. The number of hydrogen-bond acceptors (Lipinski definition) is 2. The van der Waals surface area contributed by atoms with Crippen molar-refractivity contribution in [2.24, 2.45) is 0 Å². The third-order valence-electron chi connectivity index (χ3n) is 4.94. The highest BCUT2D eigenvalue weighted by Gasteiger charge is 2.44. The van der Waals surface area contributed by atoms with Gasteiger partial charge in [-0.25, -0.2) is 4.98 Å². The fourth-order valence-electron chi connectivity index (χ4n) is 4.06. The Kier molecular flexibility index (Phi) is 2.42. The van der Waals surface area contributed by atoms with Gasteiger partial charge >= 0.3 is 0 Å². The van der Waals surface area contributed by atoms with E-state index < -0.39 is 0 Å². The molecular weight excluding hydrogens is 268 g/mol. The van der Waals surface area contributed by atoms with Crippen molar-refractivity contribution < 1.29 is 0 Å². The lowest BCUT2D eigenvalue weighted by atomic mass is 9.91. The molecule has 3 aromatic rings. The van der Waals surface area contributed by atoms with Gasteiger partial charge in [0.2, 0.25) is 0 Å². The van der Waals surface area contributed by atoms with Crippen molar-refractivity contribution in [3.05, 3.63) is 95.2 Å². The van der Waals surface area contributed by atoms with Crippen LogP contribution in [0.5, 0.6) is 0 Å². The van der Waals surface area contributed by atoms with Gasteiger partial charge in [0, 0.05) is 6.20 Å². The zero-order valence-corrected chi connectivity index (χ0v) is 12.2. The van der Waals surface area contributed by atoms with Gasteiger partial charge < -0.3 is 4.90 Å². The van der Waals surface area contributed by atoms with E-state index in [1.54, 1.807) is 0 Å². The van der Waals surface area contributed by atoms with Crippen molar-refractivity contribution >= 4 is 5.82 Å².